The summed E-state index contributed by atoms with van der Waals surface area (Å²) in [6, 6.07) is 11.6. The van der Waals surface area contributed by atoms with Crippen molar-refractivity contribution in [2.45, 2.75) is 19.9 Å². The molecule has 0 spiro atoms. The van der Waals surface area contributed by atoms with Gasteiger partial charge in [-0.1, -0.05) is 18.2 Å². The smallest absolute Gasteiger partial charge is 0.269 e. The molecule has 2 aromatic rings. The average Bonchev–Trinajstić information content (AvgIpc) is 2.59. The van der Waals surface area contributed by atoms with E-state index in [-0.39, 0.29) is 24.2 Å². The first-order chi connectivity index (χ1) is 11.8. The molecular weight excluding hydrogens is 388 g/mol. The van der Waals surface area contributed by atoms with Crippen molar-refractivity contribution in [2.75, 3.05) is 13.7 Å². The number of nitro benzene ring substituents is 1. The lowest BCUT2D eigenvalue weighted by molar-refractivity contribution is -0.384. The fraction of sp³-hybridized carbons (Fsp3) is 0.278. The van der Waals surface area contributed by atoms with Crippen LogP contribution in [0.4, 0.5) is 5.69 Å². The van der Waals surface area contributed by atoms with Crippen molar-refractivity contribution in [3.63, 3.8) is 0 Å². The SMILES string of the molecule is Cc1ccc(OCC(=O)N(C)[C@H](C)c2cccc([N+](=O)[O-])c2)c(Br)c1. The van der Waals surface area contributed by atoms with Crippen LogP contribution in [-0.2, 0) is 4.79 Å². The summed E-state index contributed by atoms with van der Waals surface area (Å²) in [7, 11) is 1.65. The van der Waals surface area contributed by atoms with Crippen LogP contribution in [0.3, 0.4) is 0 Å². The van der Waals surface area contributed by atoms with Gasteiger partial charge in [-0.2, -0.15) is 0 Å². The van der Waals surface area contributed by atoms with Gasteiger partial charge in [0.25, 0.3) is 11.6 Å². The van der Waals surface area contributed by atoms with E-state index < -0.39 is 4.92 Å². The molecule has 7 heteroatoms. The Balaban J connectivity index is 2.03. The highest BCUT2D eigenvalue weighted by atomic mass is 79.9. The van der Waals surface area contributed by atoms with E-state index in [1.54, 1.807) is 25.2 Å². The maximum atomic E-state index is 12.4. The van der Waals surface area contributed by atoms with Crippen LogP contribution in [0.25, 0.3) is 0 Å². The second-order valence-corrected chi connectivity index (χ2v) is 6.61. The molecule has 0 aliphatic rings. The lowest BCUT2D eigenvalue weighted by atomic mass is 10.1. The van der Waals surface area contributed by atoms with Gasteiger partial charge in [0.15, 0.2) is 6.61 Å². The van der Waals surface area contributed by atoms with E-state index in [0.29, 0.717) is 11.3 Å². The summed E-state index contributed by atoms with van der Waals surface area (Å²) >= 11 is 3.41. The Hall–Kier alpha value is -2.41. The molecule has 0 saturated heterocycles. The van der Waals surface area contributed by atoms with Crippen LogP contribution in [0.2, 0.25) is 0 Å². The lowest BCUT2D eigenvalue weighted by Gasteiger charge is -2.25. The maximum Gasteiger partial charge on any atom is 0.269 e. The fourth-order valence-corrected chi connectivity index (χ4v) is 2.91. The number of likely N-dealkylation sites (N-methyl/N-ethyl adjacent to an activating group) is 1. The van der Waals surface area contributed by atoms with Gasteiger partial charge in [-0.25, -0.2) is 0 Å². The van der Waals surface area contributed by atoms with Crippen LogP contribution in [0.1, 0.15) is 24.1 Å². The number of carbonyl (C=O) groups is 1. The van der Waals surface area contributed by atoms with E-state index in [1.807, 2.05) is 26.0 Å². The molecule has 25 heavy (non-hydrogen) atoms. The summed E-state index contributed by atoms with van der Waals surface area (Å²) in [6.45, 7) is 3.67. The number of aryl methyl sites for hydroxylation is 1. The van der Waals surface area contributed by atoms with Crippen LogP contribution < -0.4 is 4.74 Å². The standard InChI is InChI=1S/C18H19BrN2O4/c1-12-7-8-17(16(19)9-12)25-11-18(22)20(3)13(2)14-5-4-6-15(10-14)21(23)24/h4-10,13H,11H2,1-3H3/t13-/m1/s1. The minimum atomic E-state index is -0.448. The number of halogens is 1. The van der Waals surface area contributed by atoms with Crippen molar-refractivity contribution in [3.8, 4) is 5.75 Å². The zero-order valence-electron chi connectivity index (χ0n) is 14.2. The van der Waals surface area contributed by atoms with Gasteiger partial charge in [0.2, 0.25) is 0 Å². The minimum Gasteiger partial charge on any atom is -0.483 e. The highest BCUT2D eigenvalue weighted by Gasteiger charge is 2.20. The number of ether oxygens (including phenoxy) is 1. The second kappa shape index (κ2) is 8.11. The van der Waals surface area contributed by atoms with Crippen molar-refractivity contribution in [1.29, 1.82) is 0 Å². The maximum absolute atomic E-state index is 12.4. The molecule has 1 amide bonds. The molecule has 0 aliphatic carbocycles. The third-order valence-electron chi connectivity index (χ3n) is 3.98. The number of benzene rings is 2. The molecule has 0 bridgehead atoms. The van der Waals surface area contributed by atoms with Gasteiger partial charge in [0, 0.05) is 19.2 Å². The number of nitro groups is 1. The fourth-order valence-electron chi connectivity index (χ4n) is 2.30. The third-order valence-corrected chi connectivity index (χ3v) is 4.60. The van der Waals surface area contributed by atoms with Crippen molar-refractivity contribution in [3.05, 3.63) is 68.2 Å². The average molecular weight is 407 g/mol. The van der Waals surface area contributed by atoms with E-state index in [0.717, 1.165) is 10.0 Å². The van der Waals surface area contributed by atoms with Gasteiger partial charge >= 0.3 is 0 Å². The molecule has 1 atom stereocenters. The number of nitrogens with zero attached hydrogens (tertiary/aromatic N) is 2. The molecule has 2 aromatic carbocycles. The van der Waals surface area contributed by atoms with Gasteiger partial charge < -0.3 is 9.64 Å². The summed E-state index contributed by atoms with van der Waals surface area (Å²) < 4.78 is 6.36. The van der Waals surface area contributed by atoms with Gasteiger partial charge in [-0.15, -0.1) is 0 Å². The first-order valence-electron chi connectivity index (χ1n) is 7.68. The van der Waals surface area contributed by atoms with E-state index >= 15 is 0 Å². The van der Waals surface area contributed by atoms with E-state index in [4.69, 9.17) is 4.74 Å². The second-order valence-electron chi connectivity index (χ2n) is 5.76. The summed E-state index contributed by atoms with van der Waals surface area (Å²) in [5.41, 5.74) is 1.79. The predicted octanol–water partition coefficient (Wildman–Crippen LogP) is 4.26. The first kappa shape index (κ1) is 18.9. The number of hydrogen-bond acceptors (Lipinski definition) is 4. The summed E-state index contributed by atoms with van der Waals surface area (Å²) in [6.07, 6.45) is 0. The molecule has 0 heterocycles. The number of carbonyl (C=O) groups excluding carboxylic acids is 1. The van der Waals surface area contributed by atoms with E-state index in [1.165, 1.54) is 17.0 Å². The minimum absolute atomic E-state index is 0.00466. The van der Waals surface area contributed by atoms with Crippen LogP contribution in [-0.4, -0.2) is 29.4 Å². The normalized spacial score (nSPS) is 11.7. The predicted molar refractivity (Wildman–Crippen MR) is 98.7 cm³/mol. The van der Waals surface area contributed by atoms with Crippen LogP contribution in [0, 0.1) is 17.0 Å². The van der Waals surface area contributed by atoms with Crippen molar-refractivity contribution < 1.29 is 14.5 Å². The Kier molecular flexibility index (Phi) is 6.14. The molecule has 0 aliphatic heterocycles. The monoisotopic (exact) mass is 406 g/mol. The van der Waals surface area contributed by atoms with Gasteiger partial charge in [-0.3, -0.25) is 14.9 Å². The van der Waals surface area contributed by atoms with Crippen molar-refractivity contribution in [1.82, 2.24) is 4.90 Å². The Labute approximate surface area is 154 Å². The summed E-state index contributed by atoms with van der Waals surface area (Å²) in [4.78, 5) is 24.3. The van der Waals surface area contributed by atoms with Crippen LogP contribution in [0.15, 0.2) is 46.9 Å². The molecule has 0 radical (unpaired) electrons. The Morgan fingerprint density at radius 3 is 2.68 bits per heavy atom. The summed E-state index contributed by atoms with van der Waals surface area (Å²) in [5, 5.41) is 10.9. The van der Waals surface area contributed by atoms with Crippen LogP contribution in [0.5, 0.6) is 5.75 Å². The number of hydrogen-bond donors (Lipinski definition) is 0. The highest BCUT2D eigenvalue weighted by Crippen LogP contribution is 2.26. The van der Waals surface area contributed by atoms with Crippen molar-refractivity contribution in [2.24, 2.45) is 0 Å². The van der Waals surface area contributed by atoms with Gasteiger partial charge in [-0.05, 0) is 53.0 Å². The molecule has 2 rings (SSSR count). The van der Waals surface area contributed by atoms with Crippen LogP contribution >= 0.6 is 15.9 Å². The summed E-state index contributed by atoms with van der Waals surface area (Å²) in [5.74, 6) is 0.377. The number of rotatable bonds is 6. The molecule has 0 unspecified atom stereocenters. The molecule has 0 aromatic heterocycles. The zero-order chi connectivity index (χ0) is 18.6. The molecule has 6 nitrogen and oxygen atoms in total. The highest BCUT2D eigenvalue weighted by molar-refractivity contribution is 9.10. The Bertz CT molecular complexity index is 794. The molecule has 132 valence electrons. The van der Waals surface area contributed by atoms with Gasteiger partial charge in [0.05, 0.1) is 15.4 Å². The molecule has 0 saturated carbocycles. The Morgan fingerprint density at radius 2 is 2.04 bits per heavy atom. The molecular formula is C18H19BrN2O4. The molecule has 0 N–H and O–H groups in total. The first-order valence-corrected chi connectivity index (χ1v) is 8.48. The van der Waals surface area contributed by atoms with Crippen molar-refractivity contribution >= 4 is 27.5 Å². The van der Waals surface area contributed by atoms with E-state index in [2.05, 4.69) is 15.9 Å². The zero-order valence-corrected chi connectivity index (χ0v) is 15.8. The topological polar surface area (TPSA) is 72.7 Å². The largest absolute Gasteiger partial charge is 0.483 e. The van der Waals surface area contributed by atoms with E-state index in [9.17, 15) is 14.9 Å². The molecule has 0 fully saturated rings. The Morgan fingerprint density at radius 1 is 1.32 bits per heavy atom. The number of amides is 1. The lowest BCUT2D eigenvalue weighted by Crippen LogP contribution is -2.33. The quantitative estimate of drug-likeness (QED) is 0.530. The van der Waals surface area contributed by atoms with Gasteiger partial charge in [0.1, 0.15) is 5.75 Å². The third kappa shape index (κ3) is 4.79. The number of non-ortho nitro benzene ring substituents is 1.